The number of anilines is 1. The standard InChI is InChI=1S/C26H35N3O3/c1-20(2)28(19-22-10-5-4-6-11-22)17-9-16-27-25(30)14-15-26(31)29-18-21(3)32-24-13-8-7-12-23(24)29/h4-8,10-13,20-21H,9,14-19H2,1-3H3,(H,27,30)/t21-/m0/s1. The van der Waals surface area contributed by atoms with Crippen LogP contribution in [0.2, 0.25) is 0 Å². The quantitative estimate of drug-likeness (QED) is 0.571. The Morgan fingerprint density at radius 2 is 1.81 bits per heavy atom. The van der Waals surface area contributed by atoms with Crippen LogP contribution in [-0.4, -0.2) is 48.5 Å². The minimum atomic E-state index is -0.0768. The number of benzene rings is 2. The Kier molecular flexibility index (Phi) is 8.68. The van der Waals surface area contributed by atoms with Crippen LogP contribution in [0, 0.1) is 0 Å². The van der Waals surface area contributed by atoms with Gasteiger partial charge in [-0.3, -0.25) is 14.5 Å². The van der Waals surface area contributed by atoms with E-state index in [1.807, 2.05) is 37.3 Å². The average molecular weight is 438 g/mol. The molecule has 32 heavy (non-hydrogen) atoms. The van der Waals surface area contributed by atoms with E-state index in [-0.39, 0.29) is 30.8 Å². The number of ether oxygens (including phenoxy) is 1. The molecule has 1 aliphatic rings. The topological polar surface area (TPSA) is 61.9 Å². The van der Waals surface area contributed by atoms with Gasteiger partial charge in [-0.1, -0.05) is 42.5 Å². The highest BCUT2D eigenvalue weighted by molar-refractivity contribution is 5.97. The zero-order valence-electron chi connectivity index (χ0n) is 19.4. The van der Waals surface area contributed by atoms with Gasteiger partial charge in [0.05, 0.1) is 12.2 Å². The molecular weight excluding hydrogens is 402 g/mol. The van der Waals surface area contributed by atoms with E-state index in [2.05, 4.69) is 48.3 Å². The van der Waals surface area contributed by atoms with Crippen LogP contribution in [0.3, 0.4) is 0 Å². The molecule has 0 saturated heterocycles. The fraction of sp³-hybridized carbons (Fsp3) is 0.462. The molecule has 0 radical (unpaired) electrons. The van der Waals surface area contributed by atoms with E-state index in [0.29, 0.717) is 24.9 Å². The molecule has 2 amide bonds. The highest BCUT2D eigenvalue weighted by Crippen LogP contribution is 2.33. The molecule has 0 aromatic heterocycles. The van der Waals surface area contributed by atoms with Crippen molar-refractivity contribution < 1.29 is 14.3 Å². The second-order valence-corrected chi connectivity index (χ2v) is 8.65. The van der Waals surface area contributed by atoms with Gasteiger partial charge < -0.3 is 15.0 Å². The van der Waals surface area contributed by atoms with Gasteiger partial charge in [0.2, 0.25) is 11.8 Å². The van der Waals surface area contributed by atoms with Gasteiger partial charge in [-0.15, -0.1) is 0 Å². The lowest BCUT2D eigenvalue weighted by Gasteiger charge is -2.33. The molecule has 3 rings (SSSR count). The minimum Gasteiger partial charge on any atom is -0.487 e. The number of rotatable bonds is 10. The molecule has 6 nitrogen and oxygen atoms in total. The van der Waals surface area contributed by atoms with Crippen LogP contribution in [0.25, 0.3) is 0 Å². The minimum absolute atomic E-state index is 0.0448. The van der Waals surface area contributed by atoms with E-state index in [1.165, 1.54) is 5.56 Å². The first-order valence-corrected chi connectivity index (χ1v) is 11.5. The number of carbonyl (C=O) groups is 2. The van der Waals surface area contributed by atoms with Crippen molar-refractivity contribution in [2.24, 2.45) is 0 Å². The zero-order valence-corrected chi connectivity index (χ0v) is 19.4. The van der Waals surface area contributed by atoms with Crippen molar-refractivity contribution in [1.82, 2.24) is 10.2 Å². The number of hydrogen-bond donors (Lipinski definition) is 1. The van der Waals surface area contributed by atoms with Crippen LogP contribution in [-0.2, 0) is 16.1 Å². The Morgan fingerprint density at radius 1 is 1.09 bits per heavy atom. The molecule has 1 heterocycles. The van der Waals surface area contributed by atoms with E-state index in [4.69, 9.17) is 4.74 Å². The summed E-state index contributed by atoms with van der Waals surface area (Å²) < 4.78 is 5.80. The summed E-state index contributed by atoms with van der Waals surface area (Å²) >= 11 is 0. The Hall–Kier alpha value is -2.86. The molecule has 0 spiro atoms. The monoisotopic (exact) mass is 437 g/mol. The third-order valence-electron chi connectivity index (χ3n) is 5.69. The van der Waals surface area contributed by atoms with Gasteiger partial charge in [0.1, 0.15) is 11.9 Å². The van der Waals surface area contributed by atoms with Gasteiger partial charge in [-0.25, -0.2) is 0 Å². The average Bonchev–Trinajstić information content (AvgIpc) is 2.79. The summed E-state index contributed by atoms with van der Waals surface area (Å²) in [5.41, 5.74) is 2.07. The van der Waals surface area contributed by atoms with E-state index < -0.39 is 0 Å². The summed E-state index contributed by atoms with van der Waals surface area (Å²) in [6, 6.07) is 18.4. The lowest BCUT2D eigenvalue weighted by molar-refractivity contribution is -0.125. The van der Waals surface area contributed by atoms with Crippen molar-refractivity contribution in [2.75, 3.05) is 24.5 Å². The summed E-state index contributed by atoms with van der Waals surface area (Å²) in [5.74, 6) is 0.595. The molecule has 0 unspecified atom stereocenters. The maximum atomic E-state index is 12.8. The molecule has 172 valence electrons. The van der Waals surface area contributed by atoms with E-state index >= 15 is 0 Å². The van der Waals surface area contributed by atoms with Gasteiger partial charge in [-0.2, -0.15) is 0 Å². The summed E-state index contributed by atoms with van der Waals surface area (Å²) in [7, 11) is 0. The Bertz CT molecular complexity index is 885. The molecule has 1 atom stereocenters. The number of carbonyl (C=O) groups excluding carboxylic acids is 2. The Balaban J connectivity index is 1.39. The zero-order chi connectivity index (χ0) is 22.9. The first-order chi connectivity index (χ1) is 15.4. The molecule has 1 N–H and O–H groups in total. The molecule has 0 saturated carbocycles. The summed E-state index contributed by atoms with van der Waals surface area (Å²) in [4.78, 5) is 29.2. The molecule has 0 aliphatic carbocycles. The van der Waals surface area contributed by atoms with E-state index in [1.54, 1.807) is 4.90 Å². The molecule has 6 heteroatoms. The summed E-state index contributed by atoms with van der Waals surface area (Å²) in [5, 5.41) is 2.97. The van der Waals surface area contributed by atoms with E-state index in [0.717, 1.165) is 25.2 Å². The Labute approximate surface area is 191 Å². The number of para-hydroxylation sites is 2. The second-order valence-electron chi connectivity index (χ2n) is 8.65. The predicted molar refractivity (Wildman–Crippen MR) is 128 cm³/mol. The number of fused-ring (bicyclic) bond motifs is 1. The van der Waals surface area contributed by atoms with Gasteiger partial charge in [0, 0.05) is 38.5 Å². The van der Waals surface area contributed by atoms with Crippen molar-refractivity contribution in [2.45, 2.75) is 58.7 Å². The van der Waals surface area contributed by atoms with Crippen LogP contribution in [0.15, 0.2) is 54.6 Å². The Morgan fingerprint density at radius 3 is 2.56 bits per heavy atom. The van der Waals surface area contributed by atoms with Crippen LogP contribution in [0.1, 0.15) is 45.6 Å². The van der Waals surface area contributed by atoms with Crippen molar-refractivity contribution >= 4 is 17.5 Å². The first-order valence-electron chi connectivity index (χ1n) is 11.5. The highest BCUT2D eigenvalue weighted by atomic mass is 16.5. The summed E-state index contributed by atoms with van der Waals surface area (Å²) in [6.07, 6.45) is 1.20. The van der Waals surface area contributed by atoms with Crippen LogP contribution in [0.5, 0.6) is 5.75 Å². The smallest absolute Gasteiger partial charge is 0.227 e. The van der Waals surface area contributed by atoms with Crippen molar-refractivity contribution in [1.29, 1.82) is 0 Å². The van der Waals surface area contributed by atoms with Gasteiger partial charge >= 0.3 is 0 Å². The van der Waals surface area contributed by atoms with Crippen LogP contribution in [0.4, 0.5) is 5.69 Å². The normalized spacial score (nSPS) is 15.4. The number of amides is 2. The lowest BCUT2D eigenvalue weighted by atomic mass is 10.1. The largest absolute Gasteiger partial charge is 0.487 e. The van der Waals surface area contributed by atoms with Gasteiger partial charge in [-0.05, 0) is 44.9 Å². The third kappa shape index (κ3) is 6.82. The lowest BCUT2D eigenvalue weighted by Crippen LogP contribution is -2.42. The molecular formula is C26H35N3O3. The fourth-order valence-electron chi connectivity index (χ4n) is 3.92. The maximum Gasteiger partial charge on any atom is 0.227 e. The van der Waals surface area contributed by atoms with E-state index in [9.17, 15) is 9.59 Å². The second kappa shape index (κ2) is 11.7. The fourth-order valence-corrected chi connectivity index (χ4v) is 3.92. The van der Waals surface area contributed by atoms with Crippen LogP contribution < -0.4 is 15.0 Å². The van der Waals surface area contributed by atoms with Crippen molar-refractivity contribution in [3.8, 4) is 5.75 Å². The predicted octanol–water partition coefficient (Wildman–Crippen LogP) is 4.00. The molecule has 2 aromatic rings. The molecule has 0 bridgehead atoms. The highest BCUT2D eigenvalue weighted by Gasteiger charge is 2.27. The molecule has 0 fully saturated rings. The maximum absolute atomic E-state index is 12.8. The molecule has 2 aromatic carbocycles. The van der Waals surface area contributed by atoms with Crippen molar-refractivity contribution in [3.05, 3.63) is 60.2 Å². The van der Waals surface area contributed by atoms with Crippen molar-refractivity contribution in [3.63, 3.8) is 0 Å². The van der Waals surface area contributed by atoms with Gasteiger partial charge in [0.15, 0.2) is 0 Å². The number of nitrogens with one attached hydrogen (secondary N) is 1. The SMILES string of the molecule is CC(C)N(CCCNC(=O)CCC(=O)N1C[C@H](C)Oc2ccccc21)Cc1ccccc1. The first kappa shape index (κ1) is 23.8. The summed E-state index contributed by atoms with van der Waals surface area (Å²) in [6.45, 7) is 9.26. The van der Waals surface area contributed by atoms with Gasteiger partial charge in [0.25, 0.3) is 0 Å². The van der Waals surface area contributed by atoms with Crippen LogP contribution >= 0.6 is 0 Å². The number of nitrogens with zero attached hydrogens (tertiary/aromatic N) is 2. The third-order valence-corrected chi connectivity index (χ3v) is 5.69. The molecule has 1 aliphatic heterocycles. The number of hydrogen-bond acceptors (Lipinski definition) is 4.